The minimum absolute atomic E-state index is 0.0229. The van der Waals surface area contributed by atoms with Gasteiger partial charge < -0.3 is 20.1 Å². The number of amides is 2. The van der Waals surface area contributed by atoms with Crippen molar-refractivity contribution in [1.29, 1.82) is 0 Å². The summed E-state index contributed by atoms with van der Waals surface area (Å²) in [6.45, 7) is 15.5. The quantitative estimate of drug-likeness (QED) is 0.187. The van der Waals surface area contributed by atoms with E-state index in [9.17, 15) is 9.59 Å². The van der Waals surface area contributed by atoms with Gasteiger partial charge in [-0.15, -0.1) is 0 Å². The van der Waals surface area contributed by atoms with Crippen LogP contribution >= 0.6 is 0 Å². The summed E-state index contributed by atoms with van der Waals surface area (Å²) in [6.07, 6.45) is 2.35. The number of methoxy groups -OCH3 is 1. The fraction of sp³-hybridized carbons (Fsp3) is 0.429. The molecule has 0 aliphatic carbocycles. The molecule has 41 heavy (non-hydrogen) atoms. The highest BCUT2D eigenvalue weighted by Crippen LogP contribution is 2.31. The lowest BCUT2D eigenvalue weighted by atomic mass is 9.86. The van der Waals surface area contributed by atoms with Gasteiger partial charge in [0, 0.05) is 11.1 Å². The average molecular weight is 559 g/mol. The molecule has 0 spiro atoms. The summed E-state index contributed by atoms with van der Waals surface area (Å²) in [5, 5.41) is 6.02. The number of hydrogen-bond donors (Lipinski definition) is 2. The molecule has 0 unspecified atom stereocenters. The minimum Gasteiger partial charge on any atom is -0.493 e. The lowest BCUT2D eigenvalue weighted by Gasteiger charge is -2.23. The van der Waals surface area contributed by atoms with Crippen LogP contribution in [-0.4, -0.2) is 25.5 Å². The van der Waals surface area contributed by atoms with Crippen molar-refractivity contribution in [2.24, 2.45) is 0 Å². The number of rotatable bonds is 11. The molecule has 0 saturated carbocycles. The zero-order valence-corrected chi connectivity index (χ0v) is 25.9. The third-order valence-corrected chi connectivity index (χ3v) is 7.10. The molecule has 0 aliphatic heterocycles. The van der Waals surface area contributed by atoms with Crippen molar-refractivity contribution in [3.63, 3.8) is 0 Å². The molecule has 3 aromatic carbocycles. The van der Waals surface area contributed by atoms with Crippen molar-refractivity contribution in [3.8, 4) is 11.5 Å². The van der Waals surface area contributed by atoms with Crippen molar-refractivity contribution in [2.45, 2.75) is 84.7 Å². The van der Waals surface area contributed by atoms with Gasteiger partial charge in [-0.3, -0.25) is 9.59 Å². The lowest BCUT2D eigenvalue weighted by molar-refractivity contribution is 0.0883. The Hall–Kier alpha value is -3.80. The number of carbonyl (C=O) groups excluding carboxylic acids is 2. The molecule has 0 heterocycles. The van der Waals surface area contributed by atoms with E-state index in [1.807, 2.05) is 60.7 Å². The topological polar surface area (TPSA) is 76.7 Å². The van der Waals surface area contributed by atoms with Crippen molar-refractivity contribution < 1.29 is 19.1 Å². The van der Waals surface area contributed by atoms with E-state index >= 15 is 0 Å². The van der Waals surface area contributed by atoms with Crippen molar-refractivity contribution in [3.05, 3.63) is 94.5 Å². The van der Waals surface area contributed by atoms with E-state index in [4.69, 9.17) is 9.47 Å². The van der Waals surface area contributed by atoms with E-state index in [2.05, 4.69) is 59.1 Å². The molecule has 0 radical (unpaired) electrons. The number of nitrogens with one attached hydrogen (secondary N) is 2. The molecule has 6 nitrogen and oxygen atoms in total. The molecule has 220 valence electrons. The first kappa shape index (κ1) is 31.7. The third-order valence-electron chi connectivity index (χ3n) is 7.10. The maximum Gasteiger partial charge on any atom is 0.253 e. The van der Waals surface area contributed by atoms with Gasteiger partial charge >= 0.3 is 0 Å². The Morgan fingerprint density at radius 3 is 1.61 bits per heavy atom. The zero-order chi connectivity index (χ0) is 30.2. The predicted octanol–water partition coefficient (Wildman–Crippen LogP) is 7.72. The number of carbonyl (C=O) groups is 2. The molecule has 6 heteroatoms. The first-order valence-corrected chi connectivity index (χ1v) is 14.5. The Balaban J connectivity index is 1.89. The second-order valence-corrected chi connectivity index (χ2v) is 12.5. The Labute approximate surface area is 245 Å². The maximum absolute atomic E-state index is 13.4. The molecule has 2 amide bonds. The number of hydrogen-bond acceptors (Lipinski definition) is 4. The van der Waals surface area contributed by atoms with Crippen LogP contribution in [0, 0.1) is 0 Å². The number of benzene rings is 3. The molecule has 3 rings (SSSR count). The third kappa shape index (κ3) is 8.84. The fourth-order valence-electron chi connectivity index (χ4n) is 4.39. The Bertz CT molecular complexity index is 1230. The number of unbranched alkanes of at least 4 members (excludes halogenated alkanes) is 2. The SMILES string of the molecule is CCCCCOc1ccc(C(NC(=O)c2ccc(C(C)(C)C)cc2)NC(=O)c2ccc(C(C)(C)C)cc2)cc1OC. The van der Waals surface area contributed by atoms with Crippen LogP contribution in [0.4, 0.5) is 0 Å². The van der Waals surface area contributed by atoms with Crippen LogP contribution in [0.15, 0.2) is 66.7 Å². The molecular formula is C35H46N2O4. The smallest absolute Gasteiger partial charge is 0.253 e. The summed E-state index contributed by atoms with van der Waals surface area (Å²) in [6, 6.07) is 20.6. The number of ether oxygens (including phenoxy) is 2. The van der Waals surface area contributed by atoms with Gasteiger partial charge in [-0.2, -0.15) is 0 Å². The molecule has 0 aliphatic rings. The highest BCUT2D eigenvalue weighted by molar-refractivity contribution is 5.97. The molecule has 0 bridgehead atoms. The summed E-state index contributed by atoms with van der Waals surface area (Å²) in [5.74, 6) is 0.575. The summed E-state index contributed by atoms with van der Waals surface area (Å²) >= 11 is 0. The molecule has 0 saturated heterocycles. The van der Waals surface area contributed by atoms with Gasteiger partial charge in [0.2, 0.25) is 0 Å². The zero-order valence-electron chi connectivity index (χ0n) is 25.9. The predicted molar refractivity (Wildman–Crippen MR) is 166 cm³/mol. The average Bonchev–Trinajstić information content (AvgIpc) is 2.94. The molecule has 0 aromatic heterocycles. The second kappa shape index (κ2) is 13.7. The monoisotopic (exact) mass is 558 g/mol. The van der Waals surface area contributed by atoms with E-state index in [0.717, 1.165) is 30.4 Å². The van der Waals surface area contributed by atoms with Gasteiger partial charge in [0.25, 0.3) is 11.8 Å². The van der Waals surface area contributed by atoms with Crippen LogP contribution in [0.5, 0.6) is 11.5 Å². The van der Waals surface area contributed by atoms with Crippen molar-refractivity contribution in [2.75, 3.05) is 13.7 Å². The van der Waals surface area contributed by atoms with Crippen LogP contribution in [0.3, 0.4) is 0 Å². The first-order chi connectivity index (χ1) is 19.3. The van der Waals surface area contributed by atoms with Crippen LogP contribution < -0.4 is 20.1 Å². The Morgan fingerprint density at radius 2 is 1.20 bits per heavy atom. The van der Waals surface area contributed by atoms with Crippen LogP contribution in [-0.2, 0) is 10.8 Å². The van der Waals surface area contributed by atoms with Gasteiger partial charge in [-0.25, -0.2) is 0 Å². The minimum atomic E-state index is -0.803. The van der Waals surface area contributed by atoms with Gasteiger partial charge in [-0.1, -0.05) is 91.6 Å². The normalized spacial score (nSPS) is 11.7. The van der Waals surface area contributed by atoms with Crippen LogP contribution in [0.25, 0.3) is 0 Å². The summed E-state index contributed by atoms with van der Waals surface area (Å²) in [5.41, 5.74) is 3.91. The van der Waals surface area contributed by atoms with Crippen LogP contribution in [0.1, 0.15) is 111 Å². The van der Waals surface area contributed by atoms with Gasteiger partial charge in [0.1, 0.15) is 6.17 Å². The largest absolute Gasteiger partial charge is 0.493 e. The van der Waals surface area contributed by atoms with Crippen molar-refractivity contribution in [1.82, 2.24) is 10.6 Å². The van der Waals surface area contributed by atoms with Crippen molar-refractivity contribution >= 4 is 11.8 Å². The Kier molecular flexibility index (Phi) is 10.6. The summed E-state index contributed by atoms with van der Waals surface area (Å²) in [7, 11) is 1.58. The summed E-state index contributed by atoms with van der Waals surface area (Å²) in [4.78, 5) is 26.7. The maximum atomic E-state index is 13.4. The van der Waals surface area contributed by atoms with E-state index in [0.29, 0.717) is 34.8 Å². The lowest BCUT2D eigenvalue weighted by Crippen LogP contribution is -2.41. The highest BCUT2D eigenvalue weighted by Gasteiger charge is 2.22. The fourth-order valence-corrected chi connectivity index (χ4v) is 4.39. The Morgan fingerprint density at radius 1 is 0.707 bits per heavy atom. The molecular weight excluding hydrogens is 512 g/mol. The van der Waals surface area contributed by atoms with Gasteiger partial charge in [-0.05, 0) is 70.3 Å². The standard InChI is InChI=1S/C35H46N2O4/c1-9-10-11-22-41-29-21-16-26(23-30(29)40-8)31(36-32(38)24-12-17-27(18-13-24)34(2,3)4)37-33(39)25-14-19-28(20-15-25)35(5,6)7/h12-21,23,31H,9-11,22H2,1-8H3,(H,36,38)(H,37,39). The molecule has 2 N–H and O–H groups in total. The first-order valence-electron chi connectivity index (χ1n) is 14.5. The van der Waals surface area contributed by atoms with Gasteiger partial charge in [0.05, 0.1) is 13.7 Å². The highest BCUT2D eigenvalue weighted by atomic mass is 16.5. The molecule has 3 aromatic rings. The molecule has 0 atom stereocenters. The van der Waals surface area contributed by atoms with E-state index in [-0.39, 0.29) is 22.6 Å². The van der Waals surface area contributed by atoms with E-state index < -0.39 is 6.17 Å². The van der Waals surface area contributed by atoms with E-state index in [1.54, 1.807) is 13.2 Å². The second-order valence-electron chi connectivity index (χ2n) is 12.5. The summed E-state index contributed by atoms with van der Waals surface area (Å²) < 4.78 is 11.6. The van der Waals surface area contributed by atoms with Gasteiger partial charge in [0.15, 0.2) is 11.5 Å². The van der Waals surface area contributed by atoms with E-state index in [1.165, 1.54) is 0 Å². The van der Waals surface area contributed by atoms with Crippen LogP contribution in [0.2, 0.25) is 0 Å². The molecule has 0 fully saturated rings.